The number of rotatable bonds is 2. The molecule has 1 aromatic heterocycles. The third kappa shape index (κ3) is 3.59. The van der Waals surface area contributed by atoms with Crippen molar-refractivity contribution in [3.8, 4) is 0 Å². The molecule has 0 unspecified atom stereocenters. The van der Waals surface area contributed by atoms with Crippen molar-refractivity contribution in [2.45, 2.75) is 11.3 Å². The Morgan fingerprint density at radius 3 is 2.29 bits per heavy atom. The van der Waals surface area contributed by atoms with Crippen LogP contribution in [0.5, 0.6) is 0 Å². The zero-order chi connectivity index (χ0) is 16.9. The maximum absolute atomic E-state index is 12.7. The van der Waals surface area contributed by atoms with E-state index in [-0.39, 0.29) is 11.8 Å². The molecule has 5 nitrogen and oxygen atoms in total. The summed E-state index contributed by atoms with van der Waals surface area (Å²) in [4.78, 5) is 33.5. The predicted molar refractivity (Wildman–Crippen MR) is 94.4 cm³/mol. The van der Waals surface area contributed by atoms with Crippen LogP contribution in [0.3, 0.4) is 0 Å². The molecule has 1 aliphatic heterocycles. The topological polar surface area (TPSA) is 53.5 Å². The molecule has 0 bridgehead atoms. The monoisotopic (exact) mass is 341 g/mol. The van der Waals surface area contributed by atoms with Gasteiger partial charge in [-0.3, -0.25) is 14.6 Å². The number of pyridine rings is 1. The lowest BCUT2D eigenvalue weighted by Gasteiger charge is -2.22. The summed E-state index contributed by atoms with van der Waals surface area (Å²) in [5.41, 5.74) is 1.19. The van der Waals surface area contributed by atoms with Crippen LogP contribution in [0.15, 0.2) is 53.7 Å². The van der Waals surface area contributed by atoms with Crippen molar-refractivity contribution in [2.75, 3.05) is 26.2 Å². The lowest BCUT2D eigenvalue weighted by molar-refractivity contribution is 0.0717. The third-order valence-corrected chi connectivity index (χ3v) is 4.50. The smallest absolute Gasteiger partial charge is 0.255 e. The second kappa shape index (κ2) is 7.49. The third-order valence-electron chi connectivity index (χ3n) is 4.11. The quantitative estimate of drug-likeness (QED) is 0.853. The first-order valence-electron chi connectivity index (χ1n) is 7.93. The molecule has 0 N–H and O–H groups in total. The number of hydrogen-bond acceptors (Lipinski definition) is 4. The highest BCUT2D eigenvalue weighted by molar-refractivity contribution is 7.80. The molecule has 2 heterocycles. The van der Waals surface area contributed by atoms with E-state index in [1.165, 1.54) is 0 Å². The zero-order valence-corrected chi connectivity index (χ0v) is 14.2. The Hall–Kier alpha value is -2.34. The fourth-order valence-corrected chi connectivity index (χ4v) is 3.08. The molecule has 1 aromatic carbocycles. The van der Waals surface area contributed by atoms with Crippen LogP contribution in [0.4, 0.5) is 0 Å². The molecule has 0 saturated carbocycles. The fraction of sp³-hybridized carbons (Fsp3) is 0.278. The summed E-state index contributed by atoms with van der Waals surface area (Å²) >= 11 is 4.36. The van der Waals surface area contributed by atoms with Gasteiger partial charge in [0.15, 0.2) is 0 Å². The minimum atomic E-state index is -0.0352. The van der Waals surface area contributed by atoms with Gasteiger partial charge in [0.1, 0.15) is 0 Å². The van der Waals surface area contributed by atoms with Crippen LogP contribution in [-0.2, 0) is 0 Å². The Bertz CT molecular complexity index is 736. The van der Waals surface area contributed by atoms with Crippen LogP contribution >= 0.6 is 12.6 Å². The Balaban J connectivity index is 1.68. The minimum absolute atomic E-state index is 0.0312. The van der Waals surface area contributed by atoms with Gasteiger partial charge < -0.3 is 9.80 Å². The van der Waals surface area contributed by atoms with Gasteiger partial charge in [-0.1, -0.05) is 12.1 Å². The molecule has 0 atom stereocenters. The van der Waals surface area contributed by atoms with E-state index in [1.54, 1.807) is 40.4 Å². The van der Waals surface area contributed by atoms with E-state index in [9.17, 15) is 9.59 Å². The molecule has 6 heteroatoms. The van der Waals surface area contributed by atoms with Crippen molar-refractivity contribution in [2.24, 2.45) is 0 Å². The molecule has 2 amide bonds. The molecule has 1 aliphatic rings. The van der Waals surface area contributed by atoms with Crippen LogP contribution in [0.1, 0.15) is 27.1 Å². The second-order valence-electron chi connectivity index (χ2n) is 5.70. The molecule has 1 saturated heterocycles. The summed E-state index contributed by atoms with van der Waals surface area (Å²) in [6.45, 7) is 2.32. The Labute approximate surface area is 146 Å². The van der Waals surface area contributed by atoms with Crippen LogP contribution in [0, 0.1) is 0 Å². The van der Waals surface area contributed by atoms with Crippen LogP contribution in [0.2, 0.25) is 0 Å². The van der Waals surface area contributed by atoms with Crippen molar-refractivity contribution in [1.29, 1.82) is 0 Å². The molecule has 0 aliphatic carbocycles. The first-order valence-corrected chi connectivity index (χ1v) is 8.38. The van der Waals surface area contributed by atoms with E-state index in [1.807, 2.05) is 18.2 Å². The molecule has 24 heavy (non-hydrogen) atoms. The summed E-state index contributed by atoms with van der Waals surface area (Å²) in [5.74, 6) is -0.0664. The van der Waals surface area contributed by atoms with E-state index >= 15 is 0 Å². The largest absolute Gasteiger partial charge is 0.337 e. The van der Waals surface area contributed by atoms with Gasteiger partial charge in [-0.15, -0.1) is 12.6 Å². The summed E-state index contributed by atoms with van der Waals surface area (Å²) in [5, 5.41) is 0. The van der Waals surface area contributed by atoms with Crippen LogP contribution in [0.25, 0.3) is 0 Å². The van der Waals surface area contributed by atoms with E-state index in [0.29, 0.717) is 42.2 Å². The molecule has 1 fully saturated rings. The number of thiol groups is 1. The molecule has 3 rings (SSSR count). The highest BCUT2D eigenvalue weighted by atomic mass is 32.1. The zero-order valence-electron chi connectivity index (χ0n) is 13.3. The van der Waals surface area contributed by atoms with Crippen LogP contribution < -0.4 is 0 Å². The van der Waals surface area contributed by atoms with Gasteiger partial charge in [-0.05, 0) is 30.7 Å². The Morgan fingerprint density at radius 1 is 0.917 bits per heavy atom. The Morgan fingerprint density at radius 2 is 1.62 bits per heavy atom. The number of amides is 2. The lowest BCUT2D eigenvalue weighted by Crippen LogP contribution is -2.37. The Kier molecular flexibility index (Phi) is 5.15. The molecule has 124 valence electrons. The van der Waals surface area contributed by atoms with Crippen molar-refractivity contribution >= 4 is 24.4 Å². The van der Waals surface area contributed by atoms with Gasteiger partial charge >= 0.3 is 0 Å². The normalized spacial score (nSPS) is 15.0. The molecular formula is C18H19N3O2S. The van der Waals surface area contributed by atoms with Gasteiger partial charge in [0.05, 0.1) is 11.1 Å². The second-order valence-corrected chi connectivity index (χ2v) is 6.18. The summed E-state index contributed by atoms with van der Waals surface area (Å²) in [6.07, 6.45) is 3.98. The van der Waals surface area contributed by atoms with Crippen LogP contribution in [-0.4, -0.2) is 52.8 Å². The molecule has 2 aromatic rings. The average molecular weight is 341 g/mol. The first-order chi connectivity index (χ1) is 11.7. The maximum Gasteiger partial charge on any atom is 0.255 e. The number of nitrogens with zero attached hydrogens (tertiary/aromatic N) is 3. The van der Waals surface area contributed by atoms with Gasteiger partial charge in [0.25, 0.3) is 11.8 Å². The van der Waals surface area contributed by atoms with Gasteiger partial charge in [0, 0.05) is 43.5 Å². The summed E-state index contributed by atoms with van der Waals surface area (Å²) in [7, 11) is 0. The predicted octanol–water partition coefficient (Wildman–Crippen LogP) is 2.36. The summed E-state index contributed by atoms with van der Waals surface area (Å²) in [6, 6.07) is 10.8. The molecule has 0 spiro atoms. The maximum atomic E-state index is 12.7. The van der Waals surface area contributed by atoms with E-state index in [0.717, 1.165) is 6.42 Å². The number of hydrogen-bond donors (Lipinski definition) is 1. The highest BCUT2D eigenvalue weighted by Gasteiger charge is 2.24. The number of carbonyl (C=O) groups excluding carboxylic acids is 2. The van der Waals surface area contributed by atoms with Crippen molar-refractivity contribution in [1.82, 2.24) is 14.8 Å². The number of benzene rings is 1. The number of aromatic nitrogens is 1. The number of carbonyl (C=O) groups is 2. The van der Waals surface area contributed by atoms with E-state index in [2.05, 4.69) is 17.6 Å². The highest BCUT2D eigenvalue weighted by Crippen LogP contribution is 2.17. The van der Waals surface area contributed by atoms with Crippen molar-refractivity contribution in [3.63, 3.8) is 0 Å². The van der Waals surface area contributed by atoms with Gasteiger partial charge in [-0.2, -0.15) is 0 Å². The van der Waals surface area contributed by atoms with Gasteiger partial charge in [-0.25, -0.2) is 0 Å². The SMILES string of the molecule is O=C(c1cccnc1)N1CCCN(C(=O)c2ccccc2S)CC1. The summed E-state index contributed by atoms with van der Waals surface area (Å²) < 4.78 is 0. The molecule has 0 radical (unpaired) electrons. The van der Waals surface area contributed by atoms with Crippen molar-refractivity contribution < 1.29 is 9.59 Å². The first kappa shape index (κ1) is 16.5. The average Bonchev–Trinajstić information content (AvgIpc) is 2.88. The fourth-order valence-electron chi connectivity index (χ4n) is 2.82. The standard InChI is InChI=1S/C18H19N3O2S/c22-17(14-5-3-8-19-13-14)20-9-4-10-21(12-11-20)18(23)15-6-1-2-7-16(15)24/h1-3,5-8,13,24H,4,9-12H2. The van der Waals surface area contributed by atoms with E-state index in [4.69, 9.17) is 0 Å². The van der Waals surface area contributed by atoms with Gasteiger partial charge in [0.2, 0.25) is 0 Å². The molecular weight excluding hydrogens is 322 g/mol. The van der Waals surface area contributed by atoms with Crippen molar-refractivity contribution in [3.05, 3.63) is 59.9 Å². The minimum Gasteiger partial charge on any atom is -0.337 e. The lowest BCUT2D eigenvalue weighted by atomic mass is 10.2. The van der Waals surface area contributed by atoms with E-state index < -0.39 is 0 Å².